The van der Waals surface area contributed by atoms with Gasteiger partial charge in [0, 0.05) is 31.5 Å². The van der Waals surface area contributed by atoms with Gasteiger partial charge in [0.25, 0.3) is 0 Å². The molecule has 0 unspecified atom stereocenters. The predicted molar refractivity (Wildman–Crippen MR) is 74.3 cm³/mol. The zero-order valence-electron chi connectivity index (χ0n) is 12.7. The summed E-state index contributed by atoms with van der Waals surface area (Å²) in [6.45, 7) is 5.80. The van der Waals surface area contributed by atoms with Crippen molar-refractivity contribution in [3.63, 3.8) is 0 Å². The fraction of sp³-hybridized carbons (Fsp3) is 0.714. The number of nitrogens with zero attached hydrogens (tertiary/aromatic N) is 2. The van der Waals surface area contributed by atoms with Crippen LogP contribution in [0.15, 0.2) is 0 Å². The third-order valence-corrected chi connectivity index (χ3v) is 3.13. The highest BCUT2D eigenvalue weighted by atomic mass is 19.4. The van der Waals surface area contributed by atoms with Gasteiger partial charge in [0.15, 0.2) is 0 Å². The SMILES string of the molecule is COCCNCCc1c(C)nc(CCC(F)(F)F)nc1C. The Kier molecular flexibility index (Phi) is 7.04. The molecule has 0 bridgehead atoms. The van der Waals surface area contributed by atoms with Gasteiger partial charge in [-0.15, -0.1) is 0 Å². The van der Waals surface area contributed by atoms with Gasteiger partial charge in [-0.1, -0.05) is 0 Å². The molecule has 0 spiro atoms. The lowest BCUT2D eigenvalue weighted by Crippen LogP contribution is -2.22. The van der Waals surface area contributed by atoms with E-state index in [0.717, 1.165) is 36.5 Å². The van der Waals surface area contributed by atoms with Crippen molar-refractivity contribution in [1.82, 2.24) is 15.3 Å². The Bertz CT molecular complexity index is 427. The second-order valence-corrected chi connectivity index (χ2v) is 4.90. The molecule has 0 aliphatic carbocycles. The van der Waals surface area contributed by atoms with E-state index >= 15 is 0 Å². The predicted octanol–water partition coefficient (Wildman–Crippen LogP) is 2.37. The molecule has 1 heterocycles. The molecular formula is C14H22F3N3O. The summed E-state index contributed by atoms with van der Waals surface area (Å²) in [5.74, 6) is 0.262. The largest absolute Gasteiger partial charge is 0.389 e. The monoisotopic (exact) mass is 305 g/mol. The topological polar surface area (TPSA) is 47.0 Å². The first-order valence-corrected chi connectivity index (χ1v) is 6.93. The highest BCUT2D eigenvalue weighted by Gasteiger charge is 2.27. The van der Waals surface area contributed by atoms with Gasteiger partial charge < -0.3 is 10.1 Å². The second-order valence-electron chi connectivity index (χ2n) is 4.90. The lowest BCUT2D eigenvalue weighted by molar-refractivity contribution is -0.134. The Morgan fingerprint density at radius 3 is 2.19 bits per heavy atom. The molecule has 1 aromatic heterocycles. The van der Waals surface area contributed by atoms with Crippen molar-refractivity contribution in [2.24, 2.45) is 0 Å². The maximum absolute atomic E-state index is 12.2. The molecule has 1 N–H and O–H groups in total. The number of hydrogen-bond acceptors (Lipinski definition) is 4. The van der Waals surface area contributed by atoms with Crippen molar-refractivity contribution in [1.29, 1.82) is 0 Å². The number of ether oxygens (including phenoxy) is 1. The van der Waals surface area contributed by atoms with E-state index in [1.54, 1.807) is 7.11 Å². The molecule has 4 nitrogen and oxygen atoms in total. The Morgan fingerprint density at radius 1 is 1.05 bits per heavy atom. The third kappa shape index (κ3) is 6.86. The molecule has 0 fully saturated rings. The first kappa shape index (κ1) is 17.8. The number of halogens is 3. The first-order valence-electron chi connectivity index (χ1n) is 6.93. The van der Waals surface area contributed by atoms with E-state index in [0.29, 0.717) is 6.61 Å². The summed E-state index contributed by atoms with van der Waals surface area (Å²) < 4.78 is 41.6. The van der Waals surface area contributed by atoms with Crippen LogP contribution in [0.4, 0.5) is 13.2 Å². The zero-order valence-corrected chi connectivity index (χ0v) is 12.7. The van der Waals surface area contributed by atoms with Gasteiger partial charge >= 0.3 is 6.18 Å². The lowest BCUT2D eigenvalue weighted by atomic mass is 10.1. The summed E-state index contributed by atoms with van der Waals surface area (Å²) in [5, 5.41) is 3.22. The maximum Gasteiger partial charge on any atom is 0.389 e. The quantitative estimate of drug-likeness (QED) is 0.749. The van der Waals surface area contributed by atoms with Gasteiger partial charge in [0.1, 0.15) is 5.82 Å². The number of hydrogen-bond donors (Lipinski definition) is 1. The molecular weight excluding hydrogens is 283 g/mol. The number of rotatable bonds is 8. The molecule has 7 heteroatoms. The van der Waals surface area contributed by atoms with Crippen LogP contribution >= 0.6 is 0 Å². The normalized spacial score (nSPS) is 11.9. The van der Waals surface area contributed by atoms with E-state index < -0.39 is 12.6 Å². The minimum absolute atomic E-state index is 0.169. The highest BCUT2D eigenvalue weighted by molar-refractivity contribution is 5.24. The molecule has 120 valence electrons. The molecule has 0 atom stereocenters. The van der Waals surface area contributed by atoms with Crippen LogP contribution in [0.2, 0.25) is 0 Å². The Labute approximate surface area is 123 Å². The van der Waals surface area contributed by atoms with Crippen LogP contribution in [0.3, 0.4) is 0 Å². The molecule has 0 amide bonds. The van der Waals surface area contributed by atoms with Crippen LogP contribution in [0.5, 0.6) is 0 Å². The minimum Gasteiger partial charge on any atom is -0.383 e. The molecule has 0 aromatic carbocycles. The average molecular weight is 305 g/mol. The van der Waals surface area contributed by atoms with Crippen molar-refractivity contribution in [2.75, 3.05) is 26.8 Å². The summed E-state index contributed by atoms with van der Waals surface area (Å²) in [7, 11) is 1.64. The van der Waals surface area contributed by atoms with Crippen LogP contribution in [-0.4, -0.2) is 43.0 Å². The average Bonchev–Trinajstić information content (AvgIpc) is 2.38. The van der Waals surface area contributed by atoms with E-state index in [-0.39, 0.29) is 12.2 Å². The number of aryl methyl sites for hydroxylation is 3. The van der Waals surface area contributed by atoms with E-state index in [2.05, 4.69) is 15.3 Å². The second kappa shape index (κ2) is 8.29. The van der Waals surface area contributed by atoms with Crippen LogP contribution in [0.1, 0.15) is 29.2 Å². The van der Waals surface area contributed by atoms with Crippen molar-refractivity contribution < 1.29 is 17.9 Å². The third-order valence-electron chi connectivity index (χ3n) is 3.13. The fourth-order valence-corrected chi connectivity index (χ4v) is 2.05. The molecule has 21 heavy (non-hydrogen) atoms. The summed E-state index contributed by atoms with van der Waals surface area (Å²) in [6, 6.07) is 0. The summed E-state index contributed by atoms with van der Waals surface area (Å²) in [5.41, 5.74) is 2.51. The smallest absolute Gasteiger partial charge is 0.383 e. The summed E-state index contributed by atoms with van der Waals surface area (Å²) in [6.07, 6.45) is -4.47. The molecule has 1 rings (SSSR count). The van der Waals surface area contributed by atoms with Gasteiger partial charge in [-0.3, -0.25) is 0 Å². The van der Waals surface area contributed by atoms with E-state index in [4.69, 9.17) is 4.74 Å². The molecule has 0 radical (unpaired) electrons. The number of alkyl halides is 3. The Morgan fingerprint density at radius 2 is 1.67 bits per heavy atom. The van der Waals surface area contributed by atoms with Crippen molar-refractivity contribution in [3.8, 4) is 0 Å². The maximum atomic E-state index is 12.2. The number of aromatic nitrogens is 2. The van der Waals surface area contributed by atoms with Crippen LogP contribution in [0.25, 0.3) is 0 Å². The molecule has 1 aromatic rings. The molecule has 0 aliphatic rings. The highest BCUT2D eigenvalue weighted by Crippen LogP contribution is 2.21. The first-order chi connectivity index (χ1) is 9.83. The van der Waals surface area contributed by atoms with E-state index in [1.165, 1.54) is 0 Å². The minimum atomic E-state index is -4.17. The van der Waals surface area contributed by atoms with Gasteiger partial charge in [-0.05, 0) is 32.4 Å². The Hall–Kier alpha value is -1.21. The van der Waals surface area contributed by atoms with Crippen LogP contribution in [0, 0.1) is 13.8 Å². The standard InChI is InChI=1S/C14H22F3N3O/c1-10-12(5-7-18-8-9-21-3)11(2)20-13(19-10)4-6-14(15,16)17/h18H,4-9H2,1-3H3. The van der Waals surface area contributed by atoms with Crippen molar-refractivity contribution in [3.05, 3.63) is 22.8 Å². The lowest BCUT2D eigenvalue weighted by Gasteiger charge is -2.12. The molecule has 0 saturated carbocycles. The van der Waals surface area contributed by atoms with Crippen LogP contribution < -0.4 is 5.32 Å². The number of methoxy groups -OCH3 is 1. The number of nitrogens with one attached hydrogen (secondary N) is 1. The van der Waals surface area contributed by atoms with E-state index in [9.17, 15) is 13.2 Å². The Balaban J connectivity index is 2.58. The molecule has 0 saturated heterocycles. The van der Waals surface area contributed by atoms with Gasteiger partial charge in [-0.25, -0.2) is 9.97 Å². The van der Waals surface area contributed by atoms with Crippen molar-refractivity contribution >= 4 is 0 Å². The zero-order chi connectivity index (χ0) is 15.9. The van der Waals surface area contributed by atoms with Crippen LogP contribution in [-0.2, 0) is 17.6 Å². The van der Waals surface area contributed by atoms with Gasteiger partial charge in [-0.2, -0.15) is 13.2 Å². The fourth-order valence-electron chi connectivity index (χ4n) is 2.05. The summed E-state index contributed by atoms with van der Waals surface area (Å²) >= 11 is 0. The van der Waals surface area contributed by atoms with Crippen molar-refractivity contribution in [2.45, 2.75) is 39.3 Å². The van der Waals surface area contributed by atoms with Gasteiger partial charge in [0.05, 0.1) is 13.0 Å². The molecule has 0 aliphatic heterocycles. The summed E-state index contributed by atoms with van der Waals surface area (Å²) in [4.78, 5) is 8.38. The van der Waals surface area contributed by atoms with E-state index in [1.807, 2.05) is 13.8 Å². The van der Waals surface area contributed by atoms with Gasteiger partial charge in [0.2, 0.25) is 0 Å².